The van der Waals surface area contributed by atoms with Crippen molar-refractivity contribution in [1.29, 1.82) is 0 Å². The smallest absolute Gasteiger partial charge is 0.319 e. The fourth-order valence-corrected chi connectivity index (χ4v) is 3.13. The maximum atomic E-state index is 12.3. The predicted octanol–water partition coefficient (Wildman–Crippen LogP) is 3.94. The molecule has 0 aromatic heterocycles. The fraction of sp³-hybridized carbons (Fsp3) is 0.409. The Morgan fingerprint density at radius 1 is 1.18 bits per heavy atom. The van der Waals surface area contributed by atoms with E-state index in [1.54, 1.807) is 0 Å². The number of amides is 2. The lowest BCUT2D eigenvalue weighted by molar-refractivity contribution is 0.122. The number of rotatable bonds is 7. The molecule has 28 heavy (non-hydrogen) atoms. The molecular formula is C22H29N3O3. The van der Waals surface area contributed by atoms with Gasteiger partial charge in [-0.2, -0.15) is 0 Å². The normalized spacial score (nSPS) is 13.9. The van der Waals surface area contributed by atoms with Crippen LogP contribution >= 0.6 is 0 Å². The summed E-state index contributed by atoms with van der Waals surface area (Å²) in [5.74, 6) is 0.868. The largest absolute Gasteiger partial charge is 0.494 e. The van der Waals surface area contributed by atoms with Crippen molar-refractivity contribution in [3.05, 3.63) is 53.6 Å². The molecule has 0 aliphatic carbocycles. The van der Waals surface area contributed by atoms with Crippen molar-refractivity contribution in [3.8, 4) is 5.75 Å². The Labute approximate surface area is 166 Å². The molecule has 0 unspecified atom stereocenters. The van der Waals surface area contributed by atoms with Crippen molar-refractivity contribution < 1.29 is 14.3 Å². The summed E-state index contributed by atoms with van der Waals surface area (Å²) in [6.45, 7) is 8.50. The molecule has 150 valence electrons. The van der Waals surface area contributed by atoms with Crippen molar-refractivity contribution in [2.45, 2.75) is 26.8 Å². The van der Waals surface area contributed by atoms with E-state index in [-0.39, 0.29) is 6.03 Å². The van der Waals surface area contributed by atoms with E-state index in [9.17, 15) is 4.79 Å². The highest BCUT2D eigenvalue weighted by Gasteiger charge is 2.12. The molecule has 6 heteroatoms. The standard InChI is InChI=1S/C22H29N3O3/c1-3-11-28-21-8-7-18(17(2)14-21)16-23-22(26)24-19-5-4-6-20(15-19)25-9-12-27-13-10-25/h4-8,14-15H,3,9-13,16H2,1-2H3,(H2,23,24,26). The van der Waals surface area contributed by atoms with Gasteiger partial charge in [0.1, 0.15) is 5.75 Å². The highest BCUT2D eigenvalue weighted by molar-refractivity contribution is 5.89. The lowest BCUT2D eigenvalue weighted by Crippen LogP contribution is -2.36. The number of aryl methyl sites for hydroxylation is 1. The number of nitrogens with one attached hydrogen (secondary N) is 2. The zero-order chi connectivity index (χ0) is 19.8. The van der Waals surface area contributed by atoms with Crippen LogP contribution in [0.3, 0.4) is 0 Å². The number of urea groups is 1. The Morgan fingerprint density at radius 2 is 2.00 bits per heavy atom. The van der Waals surface area contributed by atoms with E-state index in [4.69, 9.17) is 9.47 Å². The Hall–Kier alpha value is -2.73. The molecule has 6 nitrogen and oxygen atoms in total. The molecule has 1 saturated heterocycles. The zero-order valence-corrected chi connectivity index (χ0v) is 16.7. The molecule has 2 aromatic rings. The quantitative estimate of drug-likeness (QED) is 0.760. The molecule has 1 heterocycles. The van der Waals surface area contributed by atoms with Crippen LogP contribution in [0.1, 0.15) is 24.5 Å². The molecule has 3 rings (SSSR count). The van der Waals surface area contributed by atoms with Crippen LogP contribution in [0.15, 0.2) is 42.5 Å². The first-order valence-electron chi connectivity index (χ1n) is 9.85. The third-order valence-electron chi connectivity index (χ3n) is 4.71. The average molecular weight is 383 g/mol. The van der Waals surface area contributed by atoms with Gasteiger partial charge in [-0.1, -0.05) is 19.1 Å². The first-order valence-corrected chi connectivity index (χ1v) is 9.85. The number of ether oxygens (including phenoxy) is 2. The number of carbonyl (C=O) groups is 1. The van der Waals surface area contributed by atoms with E-state index in [1.807, 2.05) is 43.3 Å². The molecule has 2 amide bonds. The third-order valence-corrected chi connectivity index (χ3v) is 4.71. The second kappa shape index (κ2) is 9.99. The lowest BCUT2D eigenvalue weighted by atomic mass is 10.1. The van der Waals surface area contributed by atoms with Crippen molar-refractivity contribution in [1.82, 2.24) is 5.32 Å². The lowest BCUT2D eigenvalue weighted by Gasteiger charge is -2.29. The number of nitrogens with zero attached hydrogens (tertiary/aromatic N) is 1. The molecule has 1 aliphatic heterocycles. The van der Waals surface area contributed by atoms with Crippen molar-refractivity contribution >= 4 is 17.4 Å². The van der Waals surface area contributed by atoms with Gasteiger partial charge in [0, 0.05) is 31.0 Å². The molecule has 0 atom stereocenters. The van der Waals surface area contributed by atoms with Gasteiger partial charge in [-0.3, -0.25) is 0 Å². The molecule has 2 aromatic carbocycles. The first kappa shape index (κ1) is 20.0. The Balaban J connectivity index is 1.53. The Bertz CT molecular complexity index is 788. The highest BCUT2D eigenvalue weighted by Crippen LogP contribution is 2.21. The van der Waals surface area contributed by atoms with Crippen molar-refractivity contribution in [2.75, 3.05) is 43.1 Å². The van der Waals surface area contributed by atoms with Gasteiger partial charge in [-0.15, -0.1) is 0 Å². The van der Waals surface area contributed by atoms with E-state index in [0.29, 0.717) is 13.2 Å². The molecule has 0 spiro atoms. The average Bonchev–Trinajstić information content (AvgIpc) is 2.72. The van der Waals surface area contributed by atoms with Gasteiger partial charge in [0.15, 0.2) is 0 Å². The number of hydrogen-bond donors (Lipinski definition) is 2. The van der Waals surface area contributed by atoms with Crippen LogP contribution in [-0.2, 0) is 11.3 Å². The minimum atomic E-state index is -0.218. The van der Waals surface area contributed by atoms with Crippen LogP contribution in [0, 0.1) is 6.92 Å². The SMILES string of the molecule is CCCOc1ccc(CNC(=O)Nc2cccc(N3CCOCC3)c2)c(C)c1. The summed E-state index contributed by atoms with van der Waals surface area (Å²) in [4.78, 5) is 14.6. The van der Waals surface area contributed by atoms with Crippen LogP contribution in [-0.4, -0.2) is 38.9 Å². The summed E-state index contributed by atoms with van der Waals surface area (Å²) in [5.41, 5.74) is 4.05. The number of morpholine rings is 1. The monoisotopic (exact) mass is 383 g/mol. The highest BCUT2D eigenvalue weighted by atomic mass is 16.5. The predicted molar refractivity (Wildman–Crippen MR) is 112 cm³/mol. The van der Waals surface area contributed by atoms with Crippen LogP contribution in [0.5, 0.6) is 5.75 Å². The van der Waals surface area contributed by atoms with Crippen LogP contribution in [0.2, 0.25) is 0 Å². The van der Waals surface area contributed by atoms with Crippen LogP contribution in [0.25, 0.3) is 0 Å². The number of carbonyl (C=O) groups excluding carboxylic acids is 1. The summed E-state index contributed by atoms with van der Waals surface area (Å²) < 4.78 is 11.0. The molecule has 1 aliphatic rings. The summed E-state index contributed by atoms with van der Waals surface area (Å²) in [5, 5.41) is 5.84. The second-order valence-corrected chi connectivity index (χ2v) is 6.89. The molecule has 0 bridgehead atoms. The summed E-state index contributed by atoms with van der Waals surface area (Å²) in [6.07, 6.45) is 0.981. The van der Waals surface area contributed by atoms with Gasteiger partial charge in [0.2, 0.25) is 0 Å². The van der Waals surface area contributed by atoms with E-state index >= 15 is 0 Å². The number of hydrogen-bond acceptors (Lipinski definition) is 4. The number of anilines is 2. The van der Waals surface area contributed by atoms with E-state index in [2.05, 4.69) is 28.5 Å². The van der Waals surface area contributed by atoms with Gasteiger partial charge in [-0.05, 0) is 54.8 Å². The Morgan fingerprint density at radius 3 is 2.75 bits per heavy atom. The topological polar surface area (TPSA) is 62.8 Å². The van der Waals surface area contributed by atoms with Crippen molar-refractivity contribution in [3.63, 3.8) is 0 Å². The first-order chi connectivity index (χ1) is 13.7. The zero-order valence-electron chi connectivity index (χ0n) is 16.7. The van der Waals surface area contributed by atoms with E-state index in [0.717, 1.165) is 61.0 Å². The van der Waals surface area contributed by atoms with Crippen LogP contribution < -0.4 is 20.3 Å². The van der Waals surface area contributed by atoms with Gasteiger partial charge < -0.3 is 25.0 Å². The third kappa shape index (κ3) is 5.63. The maximum Gasteiger partial charge on any atom is 0.319 e. The minimum absolute atomic E-state index is 0.218. The molecule has 0 saturated carbocycles. The molecule has 2 N–H and O–H groups in total. The molecule has 1 fully saturated rings. The summed E-state index contributed by atoms with van der Waals surface area (Å²) in [7, 11) is 0. The fourth-order valence-electron chi connectivity index (χ4n) is 3.13. The maximum absolute atomic E-state index is 12.3. The van der Waals surface area contributed by atoms with Gasteiger partial charge in [-0.25, -0.2) is 4.79 Å². The Kier molecular flexibility index (Phi) is 7.14. The molecule has 0 radical (unpaired) electrons. The second-order valence-electron chi connectivity index (χ2n) is 6.89. The van der Waals surface area contributed by atoms with E-state index < -0.39 is 0 Å². The van der Waals surface area contributed by atoms with Gasteiger partial charge in [0.05, 0.1) is 19.8 Å². The summed E-state index contributed by atoms with van der Waals surface area (Å²) >= 11 is 0. The molecular weight excluding hydrogens is 354 g/mol. The van der Waals surface area contributed by atoms with Gasteiger partial charge >= 0.3 is 6.03 Å². The number of benzene rings is 2. The van der Waals surface area contributed by atoms with Crippen LogP contribution in [0.4, 0.5) is 16.2 Å². The minimum Gasteiger partial charge on any atom is -0.494 e. The van der Waals surface area contributed by atoms with Gasteiger partial charge in [0.25, 0.3) is 0 Å². The summed E-state index contributed by atoms with van der Waals surface area (Å²) in [6, 6.07) is 13.6. The van der Waals surface area contributed by atoms with Crippen molar-refractivity contribution in [2.24, 2.45) is 0 Å². The van der Waals surface area contributed by atoms with E-state index in [1.165, 1.54) is 0 Å².